The van der Waals surface area contributed by atoms with Crippen molar-refractivity contribution in [3.8, 4) is 0 Å². The summed E-state index contributed by atoms with van der Waals surface area (Å²) in [6.07, 6.45) is 0. The zero-order valence-electron chi connectivity index (χ0n) is 18.9. The molecule has 5 rings (SSSR count). The molecule has 0 saturated heterocycles. The Labute approximate surface area is 196 Å². The van der Waals surface area contributed by atoms with E-state index in [2.05, 4.69) is 15.3 Å². The Hall–Kier alpha value is -4.45. The fraction of sp³-hybridized carbons (Fsp3) is 0.107. The average molecular weight is 449 g/mol. The van der Waals surface area contributed by atoms with Crippen LogP contribution in [0.25, 0.3) is 21.7 Å². The molecule has 0 bridgehead atoms. The lowest BCUT2D eigenvalue weighted by Gasteiger charge is -2.30. The molecular formula is C28H24N4O2. The van der Waals surface area contributed by atoms with Gasteiger partial charge in [0, 0.05) is 11.1 Å². The minimum absolute atomic E-state index is 0.230. The average Bonchev–Trinajstić information content (AvgIpc) is 2.85. The van der Waals surface area contributed by atoms with Gasteiger partial charge in [-0.3, -0.25) is 9.69 Å². The van der Waals surface area contributed by atoms with Crippen molar-refractivity contribution in [1.82, 2.24) is 9.97 Å². The standard InChI is InChI=1S/C28H24N4O2/c1-18-10-3-8-17-25(18)32(19(2)26-29-24-15-7-6-14-22(24)27(33)31-26)28(34)30-23-16-9-12-20-11-4-5-13-21(20)23/h3-17,19H,1-2H3,(H,30,34)(H,29,31,33). The number of carbonyl (C=O) groups excluding carboxylic acids is 1. The number of para-hydroxylation sites is 2. The van der Waals surface area contributed by atoms with Gasteiger partial charge < -0.3 is 10.3 Å². The SMILES string of the molecule is Cc1ccccc1N(C(=O)Nc1cccc2ccccc12)C(C)c1nc2ccccc2c(=O)[nH]1. The maximum absolute atomic E-state index is 13.8. The second kappa shape index (κ2) is 8.83. The number of carbonyl (C=O) groups is 1. The number of anilines is 2. The van der Waals surface area contributed by atoms with Crippen molar-refractivity contribution in [2.45, 2.75) is 19.9 Å². The summed E-state index contributed by atoms with van der Waals surface area (Å²) in [4.78, 5) is 35.7. The molecule has 34 heavy (non-hydrogen) atoms. The van der Waals surface area contributed by atoms with Crippen molar-refractivity contribution < 1.29 is 4.79 Å². The summed E-state index contributed by atoms with van der Waals surface area (Å²) in [6.45, 7) is 3.82. The molecule has 2 N–H and O–H groups in total. The van der Waals surface area contributed by atoms with Crippen LogP contribution in [0.1, 0.15) is 24.4 Å². The molecule has 1 atom stereocenters. The number of fused-ring (bicyclic) bond motifs is 2. The molecular weight excluding hydrogens is 424 g/mol. The van der Waals surface area contributed by atoms with Gasteiger partial charge in [0.2, 0.25) is 0 Å². The van der Waals surface area contributed by atoms with Gasteiger partial charge in [0.1, 0.15) is 5.82 Å². The molecule has 4 aromatic carbocycles. The normalized spacial score (nSPS) is 11.9. The van der Waals surface area contributed by atoms with E-state index in [1.54, 1.807) is 23.1 Å². The minimum Gasteiger partial charge on any atom is -0.308 e. The van der Waals surface area contributed by atoms with Crippen LogP contribution in [-0.2, 0) is 0 Å². The Morgan fingerprint density at radius 1 is 0.882 bits per heavy atom. The third kappa shape index (κ3) is 3.90. The van der Waals surface area contributed by atoms with Gasteiger partial charge in [0.15, 0.2) is 0 Å². The zero-order valence-corrected chi connectivity index (χ0v) is 18.9. The van der Waals surface area contributed by atoms with E-state index >= 15 is 0 Å². The summed E-state index contributed by atoms with van der Waals surface area (Å²) in [5, 5.41) is 5.59. The van der Waals surface area contributed by atoms with Crippen molar-refractivity contribution in [1.29, 1.82) is 0 Å². The molecule has 1 unspecified atom stereocenters. The zero-order chi connectivity index (χ0) is 23.7. The summed E-state index contributed by atoms with van der Waals surface area (Å²) >= 11 is 0. The van der Waals surface area contributed by atoms with Gasteiger partial charge in [-0.2, -0.15) is 0 Å². The number of H-pyrrole nitrogens is 1. The molecule has 0 aliphatic rings. The van der Waals surface area contributed by atoms with Crippen LogP contribution in [0.5, 0.6) is 0 Å². The van der Waals surface area contributed by atoms with E-state index in [-0.39, 0.29) is 11.6 Å². The van der Waals surface area contributed by atoms with Crippen LogP contribution in [0, 0.1) is 6.92 Å². The number of aryl methyl sites for hydroxylation is 1. The topological polar surface area (TPSA) is 78.1 Å². The van der Waals surface area contributed by atoms with E-state index in [9.17, 15) is 9.59 Å². The Balaban J connectivity index is 1.59. The van der Waals surface area contributed by atoms with Gasteiger partial charge in [0.05, 0.1) is 22.6 Å². The molecule has 0 saturated carbocycles. The van der Waals surface area contributed by atoms with Gasteiger partial charge in [-0.15, -0.1) is 0 Å². The molecule has 1 heterocycles. The first-order chi connectivity index (χ1) is 16.5. The van der Waals surface area contributed by atoms with Gasteiger partial charge in [0.25, 0.3) is 5.56 Å². The number of aromatic nitrogens is 2. The van der Waals surface area contributed by atoms with Crippen LogP contribution in [0.4, 0.5) is 16.2 Å². The van der Waals surface area contributed by atoms with Gasteiger partial charge in [-0.25, -0.2) is 9.78 Å². The van der Waals surface area contributed by atoms with E-state index in [4.69, 9.17) is 0 Å². The molecule has 5 aromatic rings. The van der Waals surface area contributed by atoms with Crippen LogP contribution in [0.3, 0.4) is 0 Å². The van der Waals surface area contributed by atoms with E-state index in [0.717, 1.165) is 22.0 Å². The fourth-order valence-corrected chi connectivity index (χ4v) is 4.26. The lowest BCUT2D eigenvalue weighted by molar-refractivity contribution is 0.255. The molecule has 0 aliphatic carbocycles. The summed E-state index contributed by atoms with van der Waals surface area (Å²) in [5.41, 5.74) is 2.75. The van der Waals surface area contributed by atoms with Gasteiger partial charge in [-0.05, 0) is 49.1 Å². The van der Waals surface area contributed by atoms with Crippen molar-refractivity contribution in [2.24, 2.45) is 0 Å². The summed E-state index contributed by atoms with van der Waals surface area (Å²) in [5.74, 6) is 0.417. The molecule has 0 aliphatic heterocycles. The molecule has 6 heteroatoms. The highest BCUT2D eigenvalue weighted by Crippen LogP contribution is 2.30. The molecule has 2 amide bonds. The van der Waals surface area contributed by atoms with Gasteiger partial charge >= 0.3 is 6.03 Å². The molecule has 1 aromatic heterocycles. The molecule has 6 nitrogen and oxygen atoms in total. The van der Waals surface area contributed by atoms with E-state index < -0.39 is 6.04 Å². The summed E-state index contributed by atoms with van der Waals surface area (Å²) < 4.78 is 0. The first kappa shape index (κ1) is 21.4. The van der Waals surface area contributed by atoms with Crippen LogP contribution in [-0.4, -0.2) is 16.0 Å². The number of rotatable bonds is 4. The Morgan fingerprint density at radius 3 is 2.38 bits per heavy atom. The molecule has 0 radical (unpaired) electrons. The first-order valence-corrected chi connectivity index (χ1v) is 11.2. The Bertz CT molecular complexity index is 1570. The number of nitrogens with zero attached hydrogens (tertiary/aromatic N) is 2. The van der Waals surface area contributed by atoms with E-state index in [0.29, 0.717) is 22.4 Å². The lowest BCUT2D eigenvalue weighted by Crippen LogP contribution is -2.39. The number of hydrogen-bond acceptors (Lipinski definition) is 3. The highest BCUT2D eigenvalue weighted by atomic mass is 16.2. The van der Waals surface area contributed by atoms with Crippen molar-refractivity contribution in [3.63, 3.8) is 0 Å². The summed E-state index contributed by atoms with van der Waals surface area (Å²) in [7, 11) is 0. The lowest BCUT2D eigenvalue weighted by atomic mass is 10.1. The van der Waals surface area contributed by atoms with E-state index in [1.165, 1.54) is 0 Å². The second-order valence-corrected chi connectivity index (χ2v) is 8.26. The fourth-order valence-electron chi connectivity index (χ4n) is 4.26. The Kier molecular flexibility index (Phi) is 5.55. The predicted molar refractivity (Wildman–Crippen MR) is 137 cm³/mol. The number of benzene rings is 4. The van der Waals surface area contributed by atoms with Crippen LogP contribution < -0.4 is 15.8 Å². The van der Waals surface area contributed by atoms with Crippen LogP contribution in [0.15, 0.2) is 95.8 Å². The minimum atomic E-state index is -0.534. The number of aromatic amines is 1. The number of amides is 2. The highest BCUT2D eigenvalue weighted by molar-refractivity contribution is 6.07. The monoisotopic (exact) mass is 448 g/mol. The quantitative estimate of drug-likeness (QED) is 0.344. The third-order valence-corrected chi connectivity index (χ3v) is 6.04. The maximum Gasteiger partial charge on any atom is 0.327 e. The van der Waals surface area contributed by atoms with Crippen molar-refractivity contribution >= 4 is 39.1 Å². The van der Waals surface area contributed by atoms with Gasteiger partial charge in [-0.1, -0.05) is 66.7 Å². The molecule has 168 valence electrons. The Morgan fingerprint density at radius 2 is 1.56 bits per heavy atom. The first-order valence-electron chi connectivity index (χ1n) is 11.2. The smallest absolute Gasteiger partial charge is 0.308 e. The number of urea groups is 1. The predicted octanol–water partition coefficient (Wildman–Crippen LogP) is 6.18. The van der Waals surface area contributed by atoms with Crippen molar-refractivity contribution in [3.05, 3.63) is 113 Å². The van der Waals surface area contributed by atoms with Crippen LogP contribution >= 0.6 is 0 Å². The summed E-state index contributed by atoms with van der Waals surface area (Å²) in [6, 6.07) is 27.7. The maximum atomic E-state index is 13.8. The van der Waals surface area contributed by atoms with Crippen molar-refractivity contribution in [2.75, 3.05) is 10.2 Å². The highest BCUT2D eigenvalue weighted by Gasteiger charge is 2.27. The number of nitrogens with one attached hydrogen (secondary N) is 2. The largest absolute Gasteiger partial charge is 0.327 e. The van der Waals surface area contributed by atoms with E-state index in [1.807, 2.05) is 86.6 Å². The molecule has 0 spiro atoms. The molecule has 0 fully saturated rings. The second-order valence-electron chi connectivity index (χ2n) is 8.26. The third-order valence-electron chi connectivity index (χ3n) is 6.04. The van der Waals surface area contributed by atoms with Crippen LogP contribution in [0.2, 0.25) is 0 Å². The number of hydrogen-bond donors (Lipinski definition) is 2.